The molecular weight excluding hydrogens is 312 g/mol. The molecule has 1 heterocycles. The number of amides is 1. The first-order chi connectivity index (χ1) is 11.0. The van der Waals surface area contributed by atoms with E-state index in [1.165, 1.54) is 0 Å². The molecule has 2 aromatic rings. The Morgan fingerprint density at radius 3 is 2.70 bits per heavy atom. The third kappa shape index (κ3) is 5.04. The molecule has 0 saturated carbocycles. The largest absolute Gasteiger partial charge is 0.468 e. The van der Waals surface area contributed by atoms with Crippen LogP contribution in [0.5, 0.6) is 0 Å². The number of rotatable bonds is 7. The summed E-state index contributed by atoms with van der Waals surface area (Å²) in [7, 11) is 2.96. The minimum atomic E-state index is -0.926. The topological polar surface area (TPSA) is 62.6 Å². The second kappa shape index (κ2) is 8.08. The number of hydrogen-bond donors (Lipinski definition) is 1. The zero-order valence-electron chi connectivity index (χ0n) is 13.6. The average Bonchev–Trinajstić information content (AvgIpc) is 3.00. The van der Waals surface area contributed by atoms with Crippen molar-refractivity contribution in [3.63, 3.8) is 0 Å². The minimum absolute atomic E-state index is 0.0275. The lowest BCUT2D eigenvalue weighted by Crippen LogP contribution is -2.34. The summed E-state index contributed by atoms with van der Waals surface area (Å²) in [4.78, 5) is 14.3. The third-order valence-corrected chi connectivity index (χ3v) is 4.25. The summed E-state index contributed by atoms with van der Waals surface area (Å²) in [5, 5.41) is 2.93. The Bertz CT molecular complexity index is 668. The predicted molar refractivity (Wildman–Crippen MR) is 91.7 cm³/mol. The van der Waals surface area contributed by atoms with Crippen molar-refractivity contribution in [2.75, 3.05) is 26.9 Å². The van der Waals surface area contributed by atoms with Crippen LogP contribution in [0.25, 0.3) is 0 Å². The molecule has 2 unspecified atom stereocenters. The monoisotopic (exact) mass is 334 g/mol. The van der Waals surface area contributed by atoms with E-state index in [0.29, 0.717) is 17.9 Å². The first-order valence-electron chi connectivity index (χ1n) is 7.34. The second-order valence-corrected chi connectivity index (χ2v) is 7.06. The number of benzene rings is 1. The normalized spacial score (nSPS) is 13.7. The average molecular weight is 334 g/mol. The van der Waals surface area contributed by atoms with Gasteiger partial charge in [-0.3, -0.25) is 13.9 Å². The number of nitrogens with zero attached hydrogens (tertiary/aromatic N) is 1. The van der Waals surface area contributed by atoms with Crippen molar-refractivity contribution in [1.82, 2.24) is 10.2 Å². The van der Waals surface area contributed by atoms with Gasteiger partial charge in [-0.25, -0.2) is 0 Å². The van der Waals surface area contributed by atoms with Crippen LogP contribution in [0.4, 0.5) is 0 Å². The van der Waals surface area contributed by atoms with E-state index in [-0.39, 0.29) is 11.9 Å². The first-order valence-corrected chi connectivity index (χ1v) is 9.07. The Labute approximate surface area is 139 Å². The molecule has 0 saturated heterocycles. The van der Waals surface area contributed by atoms with Crippen molar-refractivity contribution in [2.24, 2.45) is 0 Å². The van der Waals surface area contributed by atoms with Crippen LogP contribution in [0.2, 0.25) is 0 Å². The van der Waals surface area contributed by atoms with Crippen molar-refractivity contribution in [3.05, 3.63) is 59.5 Å². The van der Waals surface area contributed by atoms with Crippen LogP contribution >= 0.6 is 0 Å². The van der Waals surface area contributed by atoms with Crippen LogP contribution < -0.4 is 5.32 Å². The van der Waals surface area contributed by atoms with Gasteiger partial charge in [0.15, 0.2) is 0 Å². The molecule has 1 amide bonds. The van der Waals surface area contributed by atoms with E-state index in [1.807, 2.05) is 43.3 Å². The van der Waals surface area contributed by atoms with Crippen LogP contribution in [0.3, 0.4) is 0 Å². The van der Waals surface area contributed by atoms with Crippen LogP contribution in [0.1, 0.15) is 27.7 Å². The van der Waals surface area contributed by atoms with Gasteiger partial charge >= 0.3 is 0 Å². The Morgan fingerprint density at radius 1 is 1.30 bits per heavy atom. The zero-order valence-corrected chi connectivity index (χ0v) is 14.4. The van der Waals surface area contributed by atoms with Crippen molar-refractivity contribution >= 4 is 16.7 Å². The zero-order chi connectivity index (χ0) is 16.8. The molecule has 1 N–H and O–H groups in total. The second-order valence-electron chi connectivity index (χ2n) is 5.62. The number of furan rings is 1. The highest BCUT2D eigenvalue weighted by atomic mass is 32.2. The molecule has 1 aromatic carbocycles. The van der Waals surface area contributed by atoms with Gasteiger partial charge < -0.3 is 9.73 Å². The lowest BCUT2D eigenvalue weighted by atomic mass is 10.1. The number of carbonyl (C=O) groups is 1. The molecule has 0 fully saturated rings. The van der Waals surface area contributed by atoms with Gasteiger partial charge in [0.1, 0.15) is 5.76 Å². The highest BCUT2D eigenvalue weighted by Gasteiger charge is 2.18. The Kier molecular flexibility index (Phi) is 6.12. The van der Waals surface area contributed by atoms with Crippen molar-refractivity contribution < 1.29 is 13.4 Å². The smallest absolute Gasteiger partial charge is 0.251 e. The summed E-state index contributed by atoms with van der Waals surface area (Å²) < 4.78 is 16.7. The highest BCUT2D eigenvalue weighted by molar-refractivity contribution is 7.83. The molecule has 0 radical (unpaired) electrons. The van der Waals surface area contributed by atoms with Crippen LogP contribution in [0, 0.1) is 0 Å². The third-order valence-electron chi connectivity index (χ3n) is 3.51. The number of likely N-dealkylation sites (N-methyl/N-ethyl adjacent to an activating group) is 1. The van der Waals surface area contributed by atoms with E-state index in [1.54, 1.807) is 24.7 Å². The van der Waals surface area contributed by atoms with E-state index in [0.717, 1.165) is 11.3 Å². The number of nitrogens with one attached hydrogen (secondary N) is 1. The molecule has 2 atom stereocenters. The van der Waals surface area contributed by atoms with Gasteiger partial charge in [-0.05, 0) is 43.9 Å². The van der Waals surface area contributed by atoms with E-state index in [9.17, 15) is 9.00 Å². The van der Waals surface area contributed by atoms with Gasteiger partial charge in [0, 0.05) is 34.9 Å². The molecule has 0 aliphatic rings. The highest BCUT2D eigenvalue weighted by Crippen LogP contribution is 2.17. The van der Waals surface area contributed by atoms with Gasteiger partial charge in [0.05, 0.1) is 12.3 Å². The molecule has 0 spiro atoms. The maximum atomic E-state index is 12.3. The van der Waals surface area contributed by atoms with Gasteiger partial charge in [-0.1, -0.05) is 12.1 Å². The van der Waals surface area contributed by atoms with Crippen molar-refractivity contribution in [3.8, 4) is 0 Å². The molecule has 124 valence electrons. The Hall–Kier alpha value is -1.92. The van der Waals surface area contributed by atoms with E-state index < -0.39 is 10.8 Å². The summed E-state index contributed by atoms with van der Waals surface area (Å²) in [6.07, 6.45) is 3.28. The lowest BCUT2D eigenvalue weighted by molar-refractivity contribution is 0.0939. The summed E-state index contributed by atoms with van der Waals surface area (Å²) in [5.41, 5.74) is 1.47. The quantitative estimate of drug-likeness (QED) is 0.843. The maximum absolute atomic E-state index is 12.3. The van der Waals surface area contributed by atoms with Crippen LogP contribution in [-0.4, -0.2) is 41.9 Å². The number of hydrogen-bond acceptors (Lipinski definition) is 4. The van der Waals surface area contributed by atoms with E-state index in [4.69, 9.17) is 4.42 Å². The summed E-state index contributed by atoms with van der Waals surface area (Å²) in [6.45, 7) is 0.448. The summed E-state index contributed by atoms with van der Waals surface area (Å²) in [5.74, 6) is 1.12. The van der Waals surface area contributed by atoms with Gasteiger partial charge in [-0.15, -0.1) is 0 Å². The van der Waals surface area contributed by atoms with Crippen LogP contribution in [0.15, 0.2) is 47.1 Å². The Balaban J connectivity index is 2.02. The summed E-state index contributed by atoms with van der Waals surface area (Å²) in [6, 6.07) is 10.9. The fourth-order valence-corrected chi connectivity index (χ4v) is 3.00. The molecule has 2 rings (SSSR count). The SMILES string of the molecule is CN(C)C(CNC(=O)c1cccc(CS(C)=O)c1)c1ccco1. The molecule has 5 nitrogen and oxygen atoms in total. The van der Waals surface area contributed by atoms with E-state index in [2.05, 4.69) is 5.32 Å². The molecule has 6 heteroatoms. The molecule has 0 aliphatic heterocycles. The lowest BCUT2D eigenvalue weighted by Gasteiger charge is -2.22. The first kappa shape index (κ1) is 17.4. The predicted octanol–water partition coefficient (Wildman–Crippen LogP) is 2.19. The molecule has 1 aromatic heterocycles. The minimum Gasteiger partial charge on any atom is -0.468 e. The fraction of sp³-hybridized carbons (Fsp3) is 0.353. The maximum Gasteiger partial charge on any atom is 0.251 e. The molecule has 0 aliphatic carbocycles. The van der Waals surface area contributed by atoms with Gasteiger partial charge in [0.25, 0.3) is 5.91 Å². The summed E-state index contributed by atoms with van der Waals surface area (Å²) >= 11 is 0. The van der Waals surface area contributed by atoms with E-state index >= 15 is 0 Å². The van der Waals surface area contributed by atoms with Gasteiger partial charge in [0.2, 0.25) is 0 Å². The van der Waals surface area contributed by atoms with Crippen LogP contribution in [-0.2, 0) is 16.6 Å². The van der Waals surface area contributed by atoms with Crippen molar-refractivity contribution in [1.29, 1.82) is 0 Å². The Morgan fingerprint density at radius 2 is 2.09 bits per heavy atom. The molecule has 23 heavy (non-hydrogen) atoms. The molecule has 0 bridgehead atoms. The fourth-order valence-electron chi connectivity index (χ4n) is 2.35. The molecular formula is C17H22N2O3S. The number of carbonyl (C=O) groups excluding carboxylic acids is 1. The van der Waals surface area contributed by atoms with Crippen molar-refractivity contribution in [2.45, 2.75) is 11.8 Å². The van der Waals surface area contributed by atoms with Gasteiger partial charge in [-0.2, -0.15) is 0 Å². The standard InChI is InChI=1S/C17H22N2O3S/c1-19(2)15(16-8-5-9-22-16)11-18-17(20)14-7-4-6-13(10-14)12-23(3)21/h4-10,15H,11-12H2,1-3H3,(H,18,20).